The van der Waals surface area contributed by atoms with Gasteiger partial charge in [0.2, 0.25) is 0 Å². The third-order valence-corrected chi connectivity index (χ3v) is 2.19. The van der Waals surface area contributed by atoms with E-state index in [4.69, 9.17) is 20.4 Å². The first-order valence-corrected chi connectivity index (χ1v) is 6.30. The molecule has 0 aliphatic heterocycles. The molecular weight excluding hydrogens is 256 g/mol. The number of hydrogen-bond donors (Lipinski definition) is 4. The van der Waals surface area contributed by atoms with E-state index in [1.165, 1.54) is 0 Å². The molecule has 0 aromatic heterocycles. The number of rotatable bonds is 0. The van der Waals surface area contributed by atoms with Crippen LogP contribution in [0.2, 0.25) is 0 Å². The van der Waals surface area contributed by atoms with Crippen molar-refractivity contribution in [2.75, 3.05) is 0 Å². The van der Waals surface area contributed by atoms with Gasteiger partial charge in [-0.2, -0.15) is 0 Å². The third kappa shape index (κ3) is 22.2. The Kier molecular flexibility index (Phi) is 9.79. The molecule has 0 amide bonds. The topological polar surface area (TPSA) is 80.9 Å². The monoisotopic (exact) mass is 280 g/mol. The third-order valence-electron chi connectivity index (χ3n) is 2.19. The molecule has 4 fully saturated rings. The SMILES string of the molecule is OC1CC1.OC1CC1.OC1CC1.OC1CC1.[Ti]. The predicted octanol–water partition coefficient (Wildman–Crippen LogP) is 0.562. The molecule has 0 radical (unpaired) electrons. The minimum Gasteiger partial charge on any atom is -0.393 e. The summed E-state index contributed by atoms with van der Waals surface area (Å²) in [4.78, 5) is 0. The zero-order chi connectivity index (χ0) is 12.0. The summed E-state index contributed by atoms with van der Waals surface area (Å²) < 4.78 is 0. The molecule has 4 aliphatic rings. The van der Waals surface area contributed by atoms with Gasteiger partial charge in [0, 0.05) is 21.7 Å². The molecule has 5 heteroatoms. The van der Waals surface area contributed by atoms with Crippen molar-refractivity contribution in [3.63, 3.8) is 0 Å². The van der Waals surface area contributed by atoms with Gasteiger partial charge < -0.3 is 20.4 Å². The van der Waals surface area contributed by atoms with E-state index in [2.05, 4.69) is 0 Å². The second-order valence-electron chi connectivity index (χ2n) is 4.92. The van der Waals surface area contributed by atoms with Crippen molar-refractivity contribution in [2.45, 2.75) is 75.8 Å². The minimum absolute atomic E-state index is 0. The second kappa shape index (κ2) is 9.48. The van der Waals surface area contributed by atoms with E-state index in [-0.39, 0.29) is 46.1 Å². The van der Waals surface area contributed by atoms with E-state index < -0.39 is 0 Å². The van der Waals surface area contributed by atoms with Crippen LogP contribution in [0.1, 0.15) is 51.4 Å². The molecule has 100 valence electrons. The van der Waals surface area contributed by atoms with E-state index in [9.17, 15) is 0 Å². The van der Waals surface area contributed by atoms with Crippen molar-refractivity contribution in [2.24, 2.45) is 0 Å². The summed E-state index contributed by atoms with van der Waals surface area (Å²) in [7, 11) is 0. The molecule has 0 bridgehead atoms. The van der Waals surface area contributed by atoms with E-state index in [1.807, 2.05) is 0 Å². The largest absolute Gasteiger partial charge is 0.393 e. The summed E-state index contributed by atoms with van der Waals surface area (Å²) in [6.45, 7) is 0. The molecule has 0 heterocycles. The van der Waals surface area contributed by atoms with Gasteiger partial charge in [0.25, 0.3) is 0 Å². The number of aliphatic hydroxyl groups is 4. The Morgan fingerprint density at radius 2 is 0.471 bits per heavy atom. The molecule has 4 rings (SSSR count). The maximum absolute atomic E-state index is 8.17. The van der Waals surface area contributed by atoms with Gasteiger partial charge in [-0.1, -0.05) is 0 Å². The van der Waals surface area contributed by atoms with Gasteiger partial charge in [-0.3, -0.25) is 0 Å². The molecule has 4 aliphatic carbocycles. The maximum atomic E-state index is 8.17. The van der Waals surface area contributed by atoms with Crippen LogP contribution in [-0.4, -0.2) is 44.8 Å². The molecule has 17 heavy (non-hydrogen) atoms. The first kappa shape index (κ1) is 17.6. The van der Waals surface area contributed by atoms with Crippen molar-refractivity contribution >= 4 is 0 Å². The van der Waals surface area contributed by atoms with Gasteiger partial charge in [-0.15, -0.1) is 0 Å². The van der Waals surface area contributed by atoms with Crippen molar-refractivity contribution in [1.29, 1.82) is 0 Å². The fourth-order valence-corrected chi connectivity index (χ4v) is 0.298. The summed E-state index contributed by atoms with van der Waals surface area (Å²) >= 11 is 0. The van der Waals surface area contributed by atoms with Crippen molar-refractivity contribution in [3.05, 3.63) is 0 Å². The number of aliphatic hydroxyl groups excluding tert-OH is 4. The number of hydrogen-bond acceptors (Lipinski definition) is 4. The molecule has 4 N–H and O–H groups in total. The summed E-state index contributed by atoms with van der Waals surface area (Å²) in [6.07, 6.45) is 8.67. The average Bonchev–Trinajstić information content (AvgIpc) is 3.05. The maximum Gasteiger partial charge on any atom is 0.0542 e. The molecule has 0 saturated heterocycles. The van der Waals surface area contributed by atoms with Gasteiger partial charge in [0.1, 0.15) is 0 Å². The van der Waals surface area contributed by atoms with Crippen LogP contribution in [0.5, 0.6) is 0 Å². The van der Waals surface area contributed by atoms with Gasteiger partial charge >= 0.3 is 0 Å². The van der Waals surface area contributed by atoms with Crippen LogP contribution in [0.4, 0.5) is 0 Å². The molecule has 0 aromatic carbocycles. The van der Waals surface area contributed by atoms with Gasteiger partial charge in [0.15, 0.2) is 0 Å². The van der Waals surface area contributed by atoms with Gasteiger partial charge in [-0.05, 0) is 51.4 Å². The van der Waals surface area contributed by atoms with Gasteiger partial charge in [-0.25, -0.2) is 0 Å². The zero-order valence-corrected chi connectivity index (χ0v) is 11.8. The Morgan fingerprint density at radius 1 is 0.412 bits per heavy atom. The Morgan fingerprint density at radius 3 is 0.471 bits per heavy atom. The summed E-state index contributed by atoms with van der Waals surface area (Å²) in [5, 5.41) is 32.7. The van der Waals surface area contributed by atoms with Crippen LogP contribution in [0.25, 0.3) is 0 Å². The summed E-state index contributed by atoms with van der Waals surface area (Å²) in [5.41, 5.74) is 0. The minimum atomic E-state index is 0. The van der Waals surface area contributed by atoms with Crippen LogP contribution >= 0.6 is 0 Å². The molecule has 4 nitrogen and oxygen atoms in total. The van der Waals surface area contributed by atoms with E-state index >= 15 is 0 Å². The molecular formula is C12H24O4Ti. The standard InChI is InChI=1S/4C3H6O.Ti/c4*4-3-1-2-3;/h4*3-4H,1-2H2;. The Bertz CT molecular complexity index is 135. The zero-order valence-electron chi connectivity index (χ0n) is 10.3. The second-order valence-corrected chi connectivity index (χ2v) is 4.92. The summed E-state index contributed by atoms with van der Waals surface area (Å²) in [5.74, 6) is 0. The van der Waals surface area contributed by atoms with E-state index in [1.54, 1.807) is 0 Å². The first-order valence-electron chi connectivity index (χ1n) is 6.30. The first-order chi connectivity index (χ1) is 7.58. The van der Waals surface area contributed by atoms with Crippen LogP contribution in [0.15, 0.2) is 0 Å². The van der Waals surface area contributed by atoms with E-state index in [0.29, 0.717) is 0 Å². The molecule has 0 atom stereocenters. The Balaban J connectivity index is 0.000000197. The van der Waals surface area contributed by atoms with Crippen molar-refractivity contribution in [1.82, 2.24) is 0 Å². The fraction of sp³-hybridized carbons (Fsp3) is 1.00. The van der Waals surface area contributed by atoms with Crippen LogP contribution in [0, 0.1) is 0 Å². The normalized spacial score (nSPS) is 24.7. The molecule has 0 aromatic rings. The molecule has 0 spiro atoms. The van der Waals surface area contributed by atoms with Crippen LogP contribution in [0.3, 0.4) is 0 Å². The van der Waals surface area contributed by atoms with Gasteiger partial charge in [0.05, 0.1) is 24.4 Å². The van der Waals surface area contributed by atoms with Crippen molar-refractivity contribution in [3.8, 4) is 0 Å². The Hall–Kier alpha value is 0.554. The van der Waals surface area contributed by atoms with Crippen LogP contribution < -0.4 is 0 Å². The predicted molar refractivity (Wildman–Crippen MR) is 61.0 cm³/mol. The van der Waals surface area contributed by atoms with Crippen LogP contribution in [-0.2, 0) is 21.7 Å². The molecule has 0 unspecified atom stereocenters. The smallest absolute Gasteiger partial charge is 0.0542 e. The van der Waals surface area contributed by atoms with Crippen molar-refractivity contribution < 1.29 is 42.1 Å². The molecule has 4 saturated carbocycles. The quantitative estimate of drug-likeness (QED) is 0.489. The summed E-state index contributed by atoms with van der Waals surface area (Å²) in [6, 6.07) is 0. The average molecular weight is 280 g/mol. The van der Waals surface area contributed by atoms with E-state index in [0.717, 1.165) is 51.4 Å². The Labute approximate surface area is 118 Å². The fourth-order valence-electron chi connectivity index (χ4n) is 0.298.